The van der Waals surface area contributed by atoms with Crippen LogP contribution in [0.1, 0.15) is 12.8 Å². The van der Waals surface area contributed by atoms with E-state index in [1.807, 2.05) is 6.08 Å². The zero-order chi connectivity index (χ0) is 10.1. The summed E-state index contributed by atoms with van der Waals surface area (Å²) in [6.07, 6.45) is 6.31. The van der Waals surface area contributed by atoms with Crippen LogP contribution in [-0.4, -0.2) is 44.1 Å². The van der Waals surface area contributed by atoms with Gasteiger partial charge in [0.15, 0.2) is 0 Å². The van der Waals surface area contributed by atoms with Crippen LogP contribution in [0.5, 0.6) is 0 Å². The van der Waals surface area contributed by atoms with Crippen LogP contribution in [0.4, 0.5) is 0 Å². The molecule has 1 rings (SSSR count). The van der Waals surface area contributed by atoms with Crippen molar-refractivity contribution in [2.75, 3.05) is 32.9 Å². The monoisotopic (exact) mass is 201 g/mol. The molecule has 0 aromatic heterocycles. The van der Waals surface area contributed by atoms with E-state index in [1.165, 1.54) is 0 Å². The molecule has 0 aliphatic carbocycles. The molecule has 0 saturated heterocycles. The lowest BCUT2D eigenvalue weighted by molar-refractivity contribution is 0.0874. The Morgan fingerprint density at radius 3 is 3.14 bits per heavy atom. The smallest absolute Gasteiger partial charge is 0.110 e. The maximum absolute atomic E-state index is 8.45. The van der Waals surface area contributed by atoms with Crippen molar-refractivity contribution < 1.29 is 14.6 Å². The molecule has 1 heterocycles. The van der Waals surface area contributed by atoms with Crippen molar-refractivity contribution in [2.45, 2.75) is 18.9 Å². The van der Waals surface area contributed by atoms with Crippen LogP contribution in [0, 0.1) is 0 Å². The standard InChI is InChI=1S/C10H19NO3/c12-5-8-13-7-4-11-9-10-3-1-2-6-14-10/h2,6,10-12H,1,3-5,7-9H2. The Balaban J connectivity index is 1.86. The van der Waals surface area contributed by atoms with E-state index in [0.717, 1.165) is 25.9 Å². The summed E-state index contributed by atoms with van der Waals surface area (Å²) in [6, 6.07) is 0. The fraction of sp³-hybridized carbons (Fsp3) is 0.800. The highest BCUT2D eigenvalue weighted by molar-refractivity contribution is 4.82. The SMILES string of the molecule is OCCOCCNCC1CCC=CO1. The van der Waals surface area contributed by atoms with Gasteiger partial charge in [0.2, 0.25) is 0 Å². The summed E-state index contributed by atoms with van der Waals surface area (Å²) < 4.78 is 10.5. The minimum absolute atomic E-state index is 0.0938. The molecule has 2 N–H and O–H groups in total. The molecule has 0 saturated carbocycles. The zero-order valence-corrected chi connectivity index (χ0v) is 8.45. The summed E-state index contributed by atoms with van der Waals surface area (Å²) >= 11 is 0. The quantitative estimate of drug-likeness (QED) is 0.581. The van der Waals surface area contributed by atoms with Crippen molar-refractivity contribution in [1.29, 1.82) is 0 Å². The summed E-state index contributed by atoms with van der Waals surface area (Å²) in [6.45, 7) is 2.83. The summed E-state index contributed by atoms with van der Waals surface area (Å²) in [5.74, 6) is 0. The first kappa shape index (κ1) is 11.5. The molecule has 14 heavy (non-hydrogen) atoms. The summed E-state index contributed by atoms with van der Waals surface area (Å²) in [5, 5.41) is 11.7. The van der Waals surface area contributed by atoms with Crippen molar-refractivity contribution in [2.24, 2.45) is 0 Å². The van der Waals surface area contributed by atoms with Crippen LogP contribution in [0.2, 0.25) is 0 Å². The lowest BCUT2D eigenvalue weighted by atomic mass is 10.1. The number of hydrogen-bond acceptors (Lipinski definition) is 4. The Hall–Kier alpha value is -0.580. The first-order valence-electron chi connectivity index (χ1n) is 5.13. The minimum Gasteiger partial charge on any atom is -0.497 e. The molecule has 4 nitrogen and oxygen atoms in total. The molecule has 4 heteroatoms. The Labute approximate surface area is 84.9 Å². The van der Waals surface area contributed by atoms with Crippen LogP contribution in [-0.2, 0) is 9.47 Å². The average Bonchev–Trinajstić information content (AvgIpc) is 2.25. The van der Waals surface area contributed by atoms with Gasteiger partial charge in [-0.05, 0) is 18.9 Å². The van der Waals surface area contributed by atoms with E-state index in [1.54, 1.807) is 6.26 Å². The van der Waals surface area contributed by atoms with Crippen molar-refractivity contribution >= 4 is 0 Å². The molecule has 1 aliphatic heterocycles. The van der Waals surface area contributed by atoms with Crippen LogP contribution in [0.3, 0.4) is 0 Å². The van der Waals surface area contributed by atoms with Crippen molar-refractivity contribution in [3.05, 3.63) is 12.3 Å². The molecule has 1 aliphatic rings. The third-order valence-electron chi connectivity index (χ3n) is 2.05. The van der Waals surface area contributed by atoms with E-state index in [9.17, 15) is 0 Å². The van der Waals surface area contributed by atoms with E-state index in [-0.39, 0.29) is 6.61 Å². The van der Waals surface area contributed by atoms with Crippen LogP contribution >= 0.6 is 0 Å². The van der Waals surface area contributed by atoms with Gasteiger partial charge >= 0.3 is 0 Å². The van der Waals surface area contributed by atoms with E-state index in [2.05, 4.69) is 5.32 Å². The highest BCUT2D eigenvalue weighted by Crippen LogP contribution is 2.08. The predicted octanol–water partition coefficient (Wildman–Crippen LogP) is 0.278. The molecule has 0 aromatic carbocycles. The largest absolute Gasteiger partial charge is 0.497 e. The number of hydrogen-bond donors (Lipinski definition) is 2. The van der Waals surface area contributed by atoms with E-state index >= 15 is 0 Å². The highest BCUT2D eigenvalue weighted by Gasteiger charge is 2.09. The topological polar surface area (TPSA) is 50.7 Å². The molecule has 0 aromatic rings. The van der Waals surface area contributed by atoms with Gasteiger partial charge in [0.05, 0.1) is 26.1 Å². The molecular formula is C10H19NO3. The Kier molecular flexibility index (Phi) is 6.40. The van der Waals surface area contributed by atoms with Crippen LogP contribution in [0.25, 0.3) is 0 Å². The molecule has 82 valence electrons. The minimum atomic E-state index is 0.0938. The zero-order valence-electron chi connectivity index (χ0n) is 8.45. The fourth-order valence-electron chi connectivity index (χ4n) is 1.31. The van der Waals surface area contributed by atoms with Crippen LogP contribution in [0.15, 0.2) is 12.3 Å². The van der Waals surface area contributed by atoms with E-state index < -0.39 is 0 Å². The second-order valence-electron chi connectivity index (χ2n) is 3.25. The third kappa shape index (κ3) is 5.21. The number of ether oxygens (including phenoxy) is 2. The summed E-state index contributed by atoms with van der Waals surface area (Å²) in [5.41, 5.74) is 0. The van der Waals surface area contributed by atoms with Gasteiger partial charge in [0.1, 0.15) is 6.10 Å². The first-order chi connectivity index (χ1) is 6.93. The Bertz CT molecular complexity index is 161. The second kappa shape index (κ2) is 7.79. The number of allylic oxidation sites excluding steroid dienone is 1. The van der Waals surface area contributed by atoms with Crippen LogP contribution < -0.4 is 5.32 Å². The normalized spacial score (nSPS) is 20.8. The molecule has 0 fully saturated rings. The summed E-state index contributed by atoms with van der Waals surface area (Å²) in [4.78, 5) is 0. The van der Waals surface area contributed by atoms with E-state index in [4.69, 9.17) is 14.6 Å². The number of aliphatic hydroxyl groups is 1. The molecular weight excluding hydrogens is 182 g/mol. The summed E-state index contributed by atoms with van der Waals surface area (Å²) in [7, 11) is 0. The van der Waals surface area contributed by atoms with Crippen molar-refractivity contribution in [3.8, 4) is 0 Å². The number of nitrogens with one attached hydrogen (secondary N) is 1. The number of aliphatic hydroxyl groups excluding tert-OH is 1. The molecule has 0 amide bonds. The van der Waals surface area contributed by atoms with Crippen molar-refractivity contribution in [3.63, 3.8) is 0 Å². The van der Waals surface area contributed by atoms with Gasteiger partial charge in [-0.3, -0.25) is 0 Å². The maximum Gasteiger partial charge on any atom is 0.110 e. The van der Waals surface area contributed by atoms with E-state index in [0.29, 0.717) is 19.3 Å². The Morgan fingerprint density at radius 2 is 2.43 bits per heavy atom. The highest BCUT2D eigenvalue weighted by atomic mass is 16.5. The van der Waals surface area contributed by atoms with Gasteiger partial charge in [0.25, 0.3) is 0 Å². The average molecular weight is 201 g/mol. The van der Waals surface area contributed by atoms with Gasteiger partial charge in [-0.25, -0.2) is 0 Å². The second-order valence-corrected chi connectivity index (χ2v) is 3.25. The lowest BCUT2D eigenvalue weighted by Gasteiger charge is -2.19. The first-order valence-corrected chi connectivity index (χ1v) is 5.13. The third-order valence-corrected chi connectivity index (χ3v) is 2.05. The fourth-order valence-corrected chi connectivity index (χ4v) is 1.31. The van der Waals surface area contributed by atoms with Gasteiger partial charge in [0, 0.05) is 13.1 Å². The number of rotatable bonds is 7. The van der Waals surface area contributed by atoms with Gasteiger partial charge < -0.3 is 19.9 Å². The molecule has 1 atom stereocenters. The lowest BCUT2D eigenvalue weighted by Crippen LogP contribution is -2.31. The molecule has 1 unspecified atom stereocenters. The van der Waals surface area contributed by atoms with Crippen molar-refractivity contribution in [1.82, 2.24) is 5.32 Å². The van der Waals surface area contributed by atoms with Gasteiger partial charge in [-0.1, -0.05) is 0 Å². The Morgan fingerprint density at radius 1 is 1.50 bits per heavy atom. The molecule has 0 spiro atoms. The van der Waals surface area contributed by atoms with Gasteiger partial charge in [-0.2, -0.15) is 0 Å². The molecule has 0 radical (unpaired) electrons. The molecule has 0 bridgehead atoms. The maximum atomic E-state index is 8.45. The predicted molar refractivity (Wildman–Crippen MR) is 54.0 cm³/mol. The van der Waals surface area contributed by atoms with Gasteiger partial charge in [-0.15, -0.1) is 0 Å².